The standard InChI is InChI=1S/C15H19N3O2/c1-12-5-3-4-6-13(12)18(9-7-15(19)20)11-14-16-8-10-17(14)2/h3-6,8,10H,7,9,11H2,1-2H3,(H,19,20). The van der Waals surface area contributed by atoms with Crippen LogP contribution in [0.3, 0.4) is 0 Å². The molecule has 5 heteroatoms. The van der Waals surface area contributed by atoms with E-state index in [2.05, 4.69) is 9.88 Å². The van der Waals surface area contributed by atoms with Crippen LogP contribution in [0.5, 0.6) is 0 Å². The fourth-order valence-electron chi connectivity index (χ4n) is 2.15. The van der Waals surface area contributed by atoms with Gasteiger partial charge in [0.05, 0.1) is 13.0 Å². The van der Waals surface area contributed by atoms with E-state index in [9.17, 15) is 4.79 Å². The van der Waals surface area contributed by atoms with Gasteiger partial charge in [0, 0.05) is 31.7 Å². The largest absolute Gasteiger partial charge is 0.481 e. The molecule has 0 unspecified atom stereocenters. The van der Waals surface area contributed by atoms with Gasteiger partial charge in [-0.05, 0) is 18.6 Å². The van der Waals surface area contributed by atoms with E-state index in [0.717, 1.165) is 17.1 Å². The zero-order valence-electron chi connectivity index (χ0n) is 11.8. The van der Waals surface area contributed by atoms with Crippen molar-refractivity contribution in [3.63, 3.8) is 0 Å². The Morgan fingerprint density at radius 2 is 2.15 bits per heavy atom. The lowest BCUT2D eigenvalue weighted by molar-refractivity contribution is -0.136. The summed E-state index contributed by atoms with van der Waals surface area (Å²) in [7, 11) is 1.94. The van der Waals surface area contributed by atoms with E-state index in [4.69, 9.17) is 5.11 Å². The van der Waals surface area contributed by atoms with Crippen LogP contribution < -0.4 is 4.90 Å². The monoisotopic (exact) mass is 273 g/mol. The Morgan fingerprint density at radius 3 is 2.75 bits per heavy atom. The highest BCUT2D eigenvalue weighted by Crippen LogP contribution is 2.21. The molecular formula is C15H19N3O2. The minimum atomic E-state index is -0.788. The maximum absolute atomic E-state index is 10.8. The molecule has 0 aliphatic rings. The highest BCUT2D eigenvalue weighted by molar-refractivity contribution is 5.68. The number of carboxylic acid groups (broad SMARTS) is 1. The quantitative estimate of drug-likeness (QED) is 0.876. The van der Waals surface area contributed by atoms with Gasteiger partial charge in [-0.2, -0.15) is 0 Å². The topological polar surface area (TPSA) is 58.4 Å². The van der Waals surface area contributed by atoms with Gasteiger partial charge in [-0.25, -0.2) is 4.98 Å². The van der Waals surface area contributed by atoms with E-state index in [0.29, 0.717) is 13.1 Å². The van der Waals surface area contributed by atoms with Crippen molar-refractivity contribution < 1.29 is 9.90 Å². The molecular weight excluding hydrogens is 254 g/mol. The lowest BCUT2D eigenvalue weighted by Crippen LogP contribution is -2.27. The van der Waals surface area contributed by atoms with E-state index in [1.165, 1.54) is 0 Å². The molecule has 0 fully saturated rings. The van der Waals surface area contributed by atoms with Gasteiger partial charge in [0.15, 0.2) is 0 Å². The summed E-state index contributed by atoms with van der Waals surface area (Å²) in [6, 6.07) is 7.99. The van der Waals surface area contributed by atoms with Gasteiger partial charge >= 0.3 is 5.97 Å². The summed E-state index contributed by atoms with van der Waals surface area (Å²) < 4.78 is 1.95. The number of benzene rings is 1. The minimum absolute atomic E-state index is 0.110. The lowest BCUT2D eigenvalue weighted by Gasteiger charge is -2.25. The first-order chi connectivity index (χ1) is 9.58. The van der Waals surface area contributed by atoms with Crippen molar-refractivity contribution >= 4 is 11.7 Å². The van der Waals surface area contributed by atoms with Gasteiger partial charge < -0.3 is 14.6 Å². The molecule has 0 amide bonds. The molecule has 0 atom stereocenters. The Kier molecular flexibility index (Phi) is 4.40. The summed E-state index contributed by atoms with van der Waals surface area (Å²) in [6.07, 6.45) is 3.75. The van der Waals surface area contributed by atoms with Crippen LogP contribution in [0.25, 0.3) is 0 Å². The molecule has 0 radical (unpaired) electrons. The van der Waals surface area contributed by atoms with E-state index in [1.807, 2.05) is 49.0 Å². The Hall–Kier alpha value is -2.30. The van der Waals surface area contributed by atoms with Crippen molar-refractivity contribution in [3.05, 3.63) is 48.0 Å². The molecule has 0 bridgehead atoms. The second kappa shape index (κ2) is 6.23. The van der Waals surface area contributed by atoms with Gasteiger partial charge in [-0.15, -0.1) is 0 Å². The van der Waals surface area contributed by atoms with Crippen molar-refractivity contribution in [1.82, 2.24) is 9.55 Å². The van der Waals surface area contributed by atoms with E-state index in [1.54, 1.807) is 6.20 Å². The maximum atomic E-state index is 10.8. The normalized spacial score (nSPS) is 10.5. The second-order valence-electron chi connectivity index (χ2n) is 4.81. The number of para-hydroxylation sites is 1. The molecule has 1 N–H and O–H groups in total. The summed E-state index contributed by atoms with van der Waals surface area (Å²) in [6.45, 7) is 3.09. The predicted octanol–water partition coefficient (Wildman–Crippen LogP) is 2.21. The number of aryl methyl sites for hydroxylation is 2. The summed E-state index contributed by atoms with van der Waals surface area (Å²) in [4.78, 5) is 17.2. The fourth-order valence-corrected chi connectivity index (χ4v) is 2.15. The Labute approximate surface area is 118 Å². The van der Waals surface area contributed by atoms with Gasteiger partial charge in [-0.1, -0.05) is 18.2 Å². The molecule has 0 saturated carbocycles. The molecule has 5 nitrogen and oxygen atoms in total. The molecule has 106 valence electrons. The molecule has 2 rings (SSSR count). The molecule has 20 heavy (non-hydrogen) atoms. The Morgan fingerprint density at radius 1 is 1.40 bits per heavy atom. The average molecular weight is 273 g/mol. The molecule has 0 aliphatic heterocycles. The number of hydrogen-bond donors (Lipinski definition) is 1. The van der Waals surface area contributed by atoms with Crippen LogP contribution in [-0.2, 0) is 18.4 Å². The number of carbonyl (C=O) groups is 1. The van der Waals surface area contributed by atoms with Crippen LogP contribution in [0, 0.1) is 6.92 Å². The first-order valence-corrected chi connectivity index (χ1v) is 6.56. The van der Waals surface area contributed by atoms with E-state index >= 15 is 0 Å². The van der Waals surface area contributed by atoms with E-state index < -0.39 is 5.97 Å². The number of anilines is 1. The number of nitrogens with zero attached hydrogens (tertiary/aromatic N) is 3. The van der Waals surface area contributed by atoms with Crippen molar-refractivity contribution in [3.8, 4) is 0 Å². The summed E-state index contributed by atoms with van der Waals surface area (Å²) in [5.74, 6) is 0.127. The van der Waals surface area contributed by atoms with Crippen LogP contribution >= 0.6 is 0 Å². The van der Waals surface area contributed by atoms with Crippen LogP contribution in [0.4, 0.5) is 5.69 Å². The number of carboxylic acids is 1. The Balaban J connectivity index is 2.23. The van der Waals surface area contributed by atoms with Gasteiger partial charge in [0.25, 0.3) is 0 Å². The number of hydrogen-bond acceptors (Lipinski definition) is 3. The Bertz CT molecular complexity index is 592. The van der Waals surface area contributed by atoms with Crippen molar-refractivity contribution in [1.29, 1.82) is 0 Å². The smallest absolute Gasteiger partial charge is 0.305 e. The number of imidazole rings is 1. The summed E-state index contributed by atoms with van der Waals surface area (Å²) >= 11 is 0. The molecule has 0 spiro atoms. The molecule has 1 aromatic heterocycles. The van der Waals surface area contributed by atoms with Crippen LogP contribution in [0.15, 0.2) is 36.7 Å². The van der Waals surface area contributed by atoms with Crippen LogP contribution in [0.2, 0.25) is 0 Å². The first-order valence-electron chi connectivity index (χ1n) is 6.56. The fraction of sp³-hybridized carbons (Fsp3) is 0.333. The van der Waals surface area contributed by atoms with E-state index in [-0.39, 0.29) is 6.42 Å². The van der Waals surface area contributed by atoms with Crippen molar-refractivity contribution in [2.24, 2.45) is 7.05 Å². The van der Waals surface area contributed by atoms with Gasteiger partial charge in [-0.3, -0.25) is 4.79 Å². The SMILES string of the molecule is Cc1ccccc1N(CCC(=O)O)Cc1nccn1C. The first kappa shape index (κ1) is 14.1. The molecule has 2 aromatic rings. The van der Waals surface area contributed by atoms with Crippen molar-refractivity contribution in [2.75, 3.05) is 11.4 Å². The second-order valence-corrected chi connectivity index (χ2v) is 4.81. The summed E-state index contributed by atoms with van der Waals surface area (Å²) in [5, 5.41) is 8.91. The number of aromatic nitrogens is 2. The predicted molar refractivity (Wildman–Crippen MR) is 77.7 cm³/mol. The minimum Gasteiger partial charge on any atom is -0.481 e. The zero-order valence-corrected chi connectivity index (χ0v) is 11.8. The lowest BCUT2D eigenvalue weighted by atomic mass is 10.1. The highest BCUT2D eigenvalue weighted by Gasteiger charge is 2.13. The third-order valence-electron chi connectivity index (χ3n) is 3.30. The average Bonchev–Trinajstić information content (AvgIpc) is 2.81. The third kappa shape index (κ3) is 3.38. The van der Waals surface area contributed by atoms with Crippen LogP contribution in [-0.4, -0.2) is 27.2 Å². The zero-order chi connectivity index (χ0) is 14.5. The molecule has 1 aromatic carbocycles. The maximum Gasteiger partial charge on any atom is 0.305 e. The molecule has 0 aliphatic carbocycles. The third-order valence-corrected chi connectivity index (χ3v) is 3.30. The van der Waals surface area contributed by atoms with Crippen molar-refractivity contribution in [2.45, 2.75) is 19.9 Å². The number of aliphatic carboxylic acids is 1. The van der Waals surface area contributed by atoms with Crippen LogP contribution in [0.1, 0.15) is 17.8 Å². The van der Waals surface area contributed by atoms with Gasteiger partial charge in [0.2, 0.25) is 0 Å². The summed E-state index contributed by atoms with van der Waals surface area (Å²) in [5.41, 5.74) is 2.18. The van der Waals surface area contributed by atoms with Gasteiger partial charge in [0.1, 0.15) is 5.82 Å². The molecule has 1 heterocycles. The molecule has 0 saturated heterocycles. The highest BCUT2D eigenvalue weighted by atomic mass is 16.4. The number of rotatable bonds is 6.